The zero-order chi connectivity index (χ0) is 12.6. The summed E-state index contributed by atoms with van der Waals surface area (Å²) in [7, 11) is 0. The fourth-order valence-corrected chi connectivity index (χ4v) is 6.07. The largest absolute Gasteiger partial charge is 0.371 e. The molecule has 2 heteroatoms. The first kappa shape index (κ1) is 13.3. The summed E-state index contributed by atoms with van der Waals surface area (Å²) in [6.07, 6.45) is 14.1. The molecule has 4 rings (SSSR count). The Kier molecular flexibility index (Phi) is 3.70. The van der Waals surface area contributed by atoms with Crippen LogP contribution in [0.2, 0.25) is 0 Å². The first-order chi connectivity index (χ1) is 8.69. The van der Waals surface area contributed by atoms with Crippen LogP contribution in [0.15, 0.2) is 0 Å². The molecule has 0 saturated heterocycles. The first-order valence-corrected chi connectivity index (χ1v) is 9.15. The van der Waals surface area contributed by atoms with Gasteiger partial charge in [0.25, 0.3) is 0 Å². The number of hydrogen-bond acceptors (Lipinski definition) is 2. The van der Waals surface area contributed by atoms with E-state index in [9.17, 15) is 0 Å². The van der Waals surface area contributed by atoms with E-state index in [1.165, 1.54) is 32.1 Å². The predicted molar refractivity (Wildman–Crippen MR) is 78.8 cm³/mol. The van der Waals surface area contributed by atoms with Crippen LogP contribution in [0.25, 0.3) is 0 Å². The zero-order valence-electron chi connectivity index (χ0n) is 12.0. The van der Waals surface area contributed by atoms with Crippen molar-refractivity contribution >= 4 is 11.8 Å². The lowest BCUT2D eigenvalue weighted by Gasteiger charge is -2.62. The van der Waals surface area contributed by atoms with Gasteiger partial charge in [-0.3, -0.25) is 0 Å². The fraction of sp³-hybridized carbons (Fsp3) is 1.00. The van der Waals surface area contributed by atoms with Gasteiger partial charge in [-0.05, 0) is 73.9 Å². The van der Waals surface area contributed by atoms with E-state index >= 15 is 0 Å². The summed E-state index contributed by atoms with van der Waals surface area (Å²) in [5, 5.41) is 0. The van der Waals surface area contributed by atoms with Crippen LogP contribution in [0.5, 0.6) is 0 Å². The quantitative estimate of drug-likeness (QED) is 0.509. The fourth-order valence-electron chi connectivity index (χ4n) is 5.79. The van der Waals surface area contributed by atoms with E-state index < -0.39 is 0 Å². The molecule has 4 aliphatic rings. The van der Waals surface area contributed by atoms with Crippen LogP contribution >= 0.6 is 11.8 Å². The average molecular weight is 268 g/mol. The van der Waals surface area contributed by atoms with Crippen LogP contribution in [-0.2, 0) is 4.74 Å². The number of thioether (sulfide) groups is 1. The van der Waals surface area contributed by atoms with Gasteiger partial charge < -0.3 is 4.74 Å². The Morgan fingerprint density at radius 3 is 2.39 bits per heavy atom. The van der Waals surface area contributed by atoms with Gasteiger partial charge in [0, 0.05) is 6.61 Å². The highest BCUT2D eigenvalue weighted by Crippen LogP contribution is 2.67. The van der Waals surface area contributed by atoms with Gasteiger partial charge >= 0.3 is 0 Å². The lowest BCUT2D eigenvalue weighted by atomic mass is 9.43. The molecule has 0 amide bonds. The van der Waals surface area contributed by atoms with E-state index in [1.807, 2.05) is 0 Å². The second-order valence-electron chi connectivity index (χ2n) is 7.38. The van der Waals surface area contributed by atoms with Crippen molar-refractivity contribution in [1.29, 1.82) is 0 Å². The highest BCUT2D eigenvalue weighted by molar-refractivity contribution is 7.98. The first-order valence-electron chi connectivity index (χ1n) is 7.76. The monoisotopic (exact) mass is 268 g/mol. The van der Waals surface area contributed by atoms with Crippen LogP contribution in [0.1, 0.15) is 58.3 Å². The third-order valence-corrected chi connectivity index (χ3v) is 6.43. The van der Waals surface area contributed by atoms with Gasteiger partial charge in [0.1, 0.15) is 0 Å². The molecule has 0 aliphatic heterocycles. The molecule has 4 bridgehead atoms. The lowest BCUT2D eigenvalue weighted by molar-refractivity contribution is -0.121. The van der Waals surface area contributed by atoms with Crippen molar-refractivity contribution < 1.29 is 4.74 Å². The molecular weight excluding hydrogens is 240 g/mol. The van der Waals surface area contributed by atoms with Gasteiger partial charge in [-0.25, -0.2) is 0 Å². The van der Waals surface area contributed by atoms with Gasteiger partial charge in [0.05, 0.1) is 5.94 Å². The topological polar surface area (TPSA) is 9.23 Å². The molecule has 4 saturated carbocycles. The SMILES string of the molecule is CCC12CC3CC(C1)CC(CCOCSC)(C3)C2. The van der Waals surface area contributed by atoms with E-state index in [-0.39, 0.29) is 0 Å². The molecule has 0 aromatic heterocycles. The summed E-state index contributed by atoms with van der Waals surface area (Å²) in [5.74, 6) is 3.00. The van der Waals surface area contributed by atoms with Crippen LogP contribution in [0, 0.1) is 22.7 Å². The molecule has 2 atom stereocenters. The van der Waals surface area contributed by atoms with Crippen LogP contribution < -0.4 is 0 Å². The van der Waals surface area contributed by atoms with Crippen molar-refractivity contribution in [3.63, 3.8) is 0 Å². The summed E-state index contributed by atoms with van der Waals surface area (Å²) < 4.78 is 5.75. The molecule has 2 unspecified atom stereocenters. The summed E-state index contributed by atoms with van der Waals surface area (Å²) >= 11 is 1.80. The van der Waals surface area contributed by atoms with E-state index in [4.69, 9.17) is 4.74 Å². The molecule has 0 aromatic carbocycles. The van der Waals surface area contributed by atoms with Crippen molar-refractivity contribution in [3.05, 3.63) is 0 Å². The Morgan fingerprint density at radius 1 is 1.11 bits per heavy atom. The molecular formula is C16H28OS. The van der Waals surface area contributed by atoms with E-state index in [0.29, 0.717) is 5.41 Å². The maximum absolute atomic E-state index is 5.75. The molecule has 0 spiro atoms. The van der Waals surface area contributed by atoms with Crippen molar-refractivity contribution in [1.82, 2.24) is 0 Å². The Bertz CT molecular complexity index is 287. The second-order valence-corrected chi connectivity index (χ2v) is 8.19. The minimum absolute atomic E-state index is 0.679. The molecule has 0 aromatic rings. The lowest BCUT2D eigenvalue weighted by Crippen LogP contribution is -2.52. The molecule has 4 fully saturated rings. The van der Waals surface area contributed by atoms with Gasteiger partial charge in [-0.15, -0.1) is 11.8 Å². The highest BCUT2D eigenvalue weighted by Gasteiger charge is 2.56. The van der Waals surface area contributed by atoms with Crippen molar-refractivity contribution in [2.24, 2.45) is 22.7 Å². The molecule has 0 radical (unpaired) electrons. The van der Waals surface area contributed by atoms with E-state index in [1.54, 1.807) is 31.0 Å². The van der Waals surface area contributed by atoms with Gasteiger partial charge in [-0.1, -0.05) is 13.3 Å². The standard InChI is InChI=1S/C16H28OS/c1-3-15-7-13-6-14(8-15)10-16(9-13,11-15)4-5-17-12-18-2/h13-14H,3-12H2,1-2H3. The molecule has 104 valence electrons. The van der Waals surface area contributed by atoms with Crippen LogP contribution in [-0.4, -0.2) is 18.8 Å². The second kappa shape index (κ2) is 5.01. The number of ether oxygens (including phenoxy) is 1. The van der Waals surface area contributed by atoms with Crippen molar-refractivity contribution in [2.45, 2.75) is 58.3 Å². The molecule has 0 N–H and O–H groups in total. The Hall–Kier alpha value is 0.310. The molecule has 0 heterocycles. The average Bonchev–Trinajstić information content (AvgIpc) is 2.33. The molecule has 1 nitrogen and oxygen atoms in total. The van der Waals surface area contributed by atoms with Gasteiger partial charge in [-0.2, -0.15) is 0 Å². The minimum atomic E-state index is 0.679. The van der Waals surface area contributed by atoms with Gasteiger partial charge in [0.15, 0.2) is 0 Å². The number of rotatable bonds is 6. The van der Waals surface area contributed by atoms with E-state index in [2.05, 4.69) is 13.2 Å². The van der Waals surface area contributed by atoms with Crippen molar-refractivity contribution in [3.8, 4) is 0 Å². The summed E-state index contributed by atoms with van der Waals surface area (Å²) in [4.78, 5) is 0. The third kappa shape index (κ3) is 2.35. The normalized spacial score (nSPS) is 45.7. The zero-order valence-corrected chi connectivity index (χ0v) is 12.9. The highest BCUT2D eigenvalue weighted by atomic mass is 32.2. The van der Waals surface area contributed by atoms with E-state index in [0.717, 1.165) is 29.8 Å². The smallest absolute Gasteiger partial charge is 0.0918 e. The number of hydrogen-bond donors (Lipinski definition) is 0. The van der Waals surface area contributed by atoms with Crippen molar-refractivity contribution in [2.75, 3.05) is 18.8 Å². The van der Waals surface area contributed by atoms with Crippen LogP contribution in [0.4, 0.5) is 0 Å². The molecule has 18 heavy (non-hydrogen) atoms. The Labute approximate surface area is 116 Å². The van der Waals surface area contributed by atoms with Gasteiger partial charge in [0.2, 0.25) is 0 Å². The Morgan fingerprint density at radius 2 is 1.78 bits per heavy atom. The Balaban J connectivity index is 1.65. The summed E-state index contributed by atoms with van der Waals surface area (Å²) in [6, 6.07) is 0. The predicted octanol–water partition coefficient (Wildman–Crippen LogP) is 4.71. The third-order valence-electron chi connectivity index (χ3n) is 6.03. The minimum Gasteiger partial charge on any atom is -0.371 e. The maximum Gasteiger partial charge on any atom is 0.0918 e. The maximum atomic E-state index is 5.75. The summed E-state index contributed by atoms with van der Waals surface area (Å²) in [5.41, 5.74) is 1.42. The summed E-state index contributed by atoms with van der Waals surface area (Å²) in [6.45, 7) is 3.44. The molecule has 4 aliphatic carbocycles. The van der Waals surface area contributed by atoms with Crippen LogP contribution in [0.3, 0.4) is 0 Å².